The molecule has 0 amide bonds. The zero-order valence-corrected chi connectivity index (χ0v) is 9.56. The lowest BCUT2D eigenvalue weighted by Gasteiger charge is -2.22. The van der Waals surface area contributed by atoms with E-state index in [1.165, 1.54) is 26.1 Å². The van der Waals surface area contributed by atoms with Gasteiger partial charge in [0, 0.05) is 13.1 Å². The molecule has 1 fully saturated rings. The van der Waals surface area contributed by atoms with Crippen molar-refractivity contribution in [2.24, 2.45) is 11.3 Å². The standard InChI is InChI=1S/C11H24N2/c1-10(7-12-4)8-13-6-5-11(2,3)9-13/h10,12H,5-9H2,1-4H3. The van der Waals surface area contributed by atoms with Gasteiger partial charge in [-0.25, -0.2) is 0 Å². The molecular weight excluding hydrogens is 160 g/mol. The lowest BCUT2D eigenvalue weighted by atomic mass is 9.93. The maximum atomic E-state index is 3.24. The summed E-state index contributed by atoms with van der Waals surface area (Å²) in [7, 11) is 2.03. The van der Waals surface area contributed by atoms with Crippen molar-refractivity contribution in [1.82, 2.24) is 10.2 Å². The number of nitrogens with zero attached hydrogens (tertiary/aromatic N) is 1. The lowest BCUT2D eigenvalue weighted by Crippen LogP contribution is -2.31. The van der Waals surface area contributed by atoms with Gasteiger partial charge in [0.15, 0.2) is 0 Å². The summed E-state index contributed by atoms with van der Waals surface area (Å²) in [6.07, 6.45) is 1.36. The highest BCUT2D eigenvalue weighted by molar-refractivity contribution is 4.83. The minimum atomic E-state index is 0.555. The predicted octanol–water partition coefficient (Wildman–Crippen LogP) is 1.57. The van der Waals surface area contributed by atoms with Gasteiger partial charge >= 0.3 is 0 Å². The zero-order chi connectivity index (χ0) is 9.90. The van der Waals surface area contributed by atoms with Crippen molar-refractivity contribution in [2.45, 2.75) is 27.2 Å². The van der Waals surface area contributed by atoms with E-state index in [9.17, 15) is 0 Å². The van der Waals surface area contributed by atoms with Crippen molar-refractivity contribution in [3.8, 4) is 0 Å². The zero-order valence-electron chi connectivity index (χ0n) is 9.56. The quantitative estimate of drug-likeness (QED) is 0.713. The molecule has 13 heavy (non-hydrogen) atoms. The molecule has 1 unspecified atom stereocenters. The molecule has 1 aliphatic rings. The van der Waals surface area contributed by atoms with Gasteiger partial charge in [0.25, 0.3) is 0 Å². The van der Waals surface area contributed by atoms with E-state index >= 15 is 0 Å². The van der Waals surface area contributed by atoms with Crippen molar-refractivity contribution < 1.29 is 0 Å². The molecule has 1 N–H and O–H groups in total. The Morgan fingerprint density at radius 3 is 2.62 bits per heavy atom. The third-order valence-electron chi connectivity index (χ3n) is 2.88. The van der Waals surface area contributed by atoms with Gasteiger partial charge in [-0.2, -0.15) is 0 Å². The number of nitrogens with one attached hydrogen (secondary N) is 1. The molecule has 0 bridgehead atoms. The van der Waals surface area contributed by atoms with Crippen molar-refractivity contribution in [1.29, 1.82) is 0 Å². The van der Waals surface area contributed by atoms with Crippen LogP contribution in [0.1, 0.15) is 27.2 Å². The minimum absolute atomic E-state index is 0.555. The van der Waals surface area contributed by atoms with E-state index in [-0.39, 0.29) is 0 Å². The molecule has 0 aromatic carbocycles. The molecule has 2 heteroatoms. The molecule has 0 radical (unpaired) electrons. The summed E-state index contributed by atoms with van der Waals surface area (Å²) in [5.41, 5.74) is 0.555. The molecule has 0 aliphatic carbocycles. The van der Waals surface area contributed by atoms with E-state index in [0.29, 0.717) is 5.41 Å². The second kappa shape index (κ2) is 4.43. The lowest BCUT2D eigenvalue weighted by molar-refractivity contribution is 0.255. The maximum Gasteiger partial charge on any atom is 0.00333 e. The van der Waals surface area contributed by atoms with Crippen LogP contribution in [0, 0.1) is 11.3 Å². The molecule has 1 atom stereocenters. The Bertz CT molecular complexity index is 154. The van der Waals surface area contributed by atoms with Crippen LogP contribution in [-0.4, -0.2) is 38.1 Å². The Morgan fingerprint density at radius 1 is 1.46 bits per heavy atom. The first-order valence-corrected chi connectivity index (χ1v) is 5.40. The molecule has 0 aromatic heterocycles. The monoisotopic (exact) mass is 184 g/mol. The van der Waals surface area contributed by atoms with Crippen LogP contribution in [0.5, 0.6) is 0 Å². The highest BCUT2D eigenvalue weighted by Crippen LogP contribution is 2.28. The molecule has 1 saturated heterocycles. The van der Waals surface area contributed by atoms with Crippen LogP contribution in [0.3, 0.4) is 0 Å². The fourth-order valence-electron chi connectivity index (χ4n) is 2.23. The van der Waals surface area contributed by atoms with Crippen molar-refractivity contribution in [2.75, 3.05) is 33.2 Å². The van der Waals surface area contributed by atoms with Crippen LogP contribution in [0.2, 0.25) is 0 Å². The smallest absolute Gasteiger partial charge is 0.00333 e. The van der Waals surface area contributed by atoms with Crippen molar-refractivity contribution in [3.63, 3.8) is 0 Å². The van der Waals surface area contributed by atoms with Gasteiger partial charge < -0.3 is 10.2 Å². The molecular formula is C11H24N2. The average molecular weight is 184 g/mol. The first kappa shape index (κ1) is 11.0. The van der Waals surface area contributed by atoms with E-state index in [4.69, 9.17) is 0 Å². The van der Waals surface area contributed by atoms with E-state index in [2.05, 4.69) is 31.0 Å². The van der Waals surface area contributed by atoms with Gasteiger partial charge in [-0.15, -0.1) is 0 Å². The molecule has 1 aliphatic heterocycles. The van der Waals surface area contributed by atoms with Gasteiger partial charge in [-0.1, -0.05) is 20.8 Å². The largest absolute Gasteiger partial charge is 0.319 e. The summed E-state index contributed by atoms with van der Waals surface area (Å²) in [6, 6.07) is 0. The van der Waals surface area contributed by atoms with Gasteiger partial charge in [0.1, 0.15) is 0 Å². The highest BCUT2D eigenvalue weighted by Gasteiger charge is 2.29. The van der Waals surface area contributed by atoms with Gasteiger partial charge in [0.05, 0.1) is 0 Å². The van der Waals surface area contributed by atoms with E-state index < -0.39 is 0 Å². The fourth-order valence-corrected chi connectivity index (χ4v) is 2.23. The maximum absolute atomic E-state index is 3.24. The molecule has 1 heterocycles. The summed E-state index contributed by atoms with van der Waals surface area (Å²) in [4.78, 5) is 2.60. The Balaban J connectivity index is 2.24. The summed E-state index contributed by atoms with van der Waals surface area (Å²) >= 11 is 0. The van der Waals surface area contributed by atoms with E-state index in [1.807, 2.05) is 7.05 Å². The SMILES string of the molecule is CNCC(C)CN1CCC(C)(C)C1. The molecule has 0 aromatic rings. The summed E-state index contributed by atoms with van der Waals surface area (Å²) in [5.74, 6) is 0.777. The van der Waals surface area contributed by atoms with Crippen molar-refractivity contribution >= 4 is 0 Å². The van der Waals surface area contributed by atoms with Crippen LogP contribution in [0.15, 0.2) is 0 Å². The molecule has 1 rings (SSSR count). The van der Waals surface area contributed by atoms with E-state index in [0.717, 1.165) is 12.5 Å². The first-order valence-electron chi connectivity index (χ1n) is 5.40. The van der Waals surface area contributed by atoms with Crippen LogP contribution in [-0.2, 0) is 0 Å². The Kier molecular flexibility index (Phi) is 3.74. The summed E-state index contributed by atoms with van der Waals surface area (Å²) in [5, 5.41) is 3.24. The third kappa shape index (κ3) is 3.65. The number of rotatable bonds is 4. The van der Waals surface area contributed by atoms with E-state index in [1.54, 1.807) is 0 Å². The molecule has 0 saturated carbocycles. The second-order valence-electron chi connectivity index (χ2n) is 5.31. The van der Waals surface area contributed by atoms with Crippen LogP contribution in [0.4, 0.5) is 0 Å². The Labute approximate surface area is 82.7 Å². The Hall–Kier alpha value is -0.0800. The third-order valence-corrected chi connectivity index (χ3v) is 2.88. The molecule has 78 valence electrons. The number of hydrogen-bond acceptors (Lipinski definition) is 2. The summed E-state index contributed by atoms with van der Waals surface area (Å²) in [6.45, 7) is 12.0. The number of hydrogen-bond donors (Lipinski definition) is 1. The molecule has 2 nitrogen and oxygen atoms in total. The van der Waals surface area contributed by atoms with Gasteiger partial charge in [-0.05, 0) is 37.9 Å². The van der Waals surface area contributed by atoms with Crippen molar-refractivity contribution in [3.05, 3.63) is 0 Å². The van der Waals surface area contributed by atoms with Crippen LogP contribution < -0.4 is 5.32 Å². The highest BCUT2D eigenvalue weighted by atomic mass is 15.2. The predicted molar refractivity (Wildman–Crippen MR) is 57.9 cm³/mol. The van der Waals surface area contributed by atoms with Gasteiger partial charge in [-0.3, -0.25) is 0 Å². The minimum Gasteiger partial charge on any atom is -0.319 e. The normalized spacial score (nSPS) is 24.9. The van der Waals surface area contributed by atoms with Gasteiger partial charge in [0.2, 0.25) is 0 Å². The number of likely N-dealkylation sites (tertiary alicyclic amines) is 1. The Morgan fingerprint density at radius 2 is 2.15 bits per heavy atom. The average Bonchev–Trinajstić information content (AvgIpc) is 2.30. The fraction of sp³-hybridized carbons (Fsp3) is 1.00. The molecule has 0 spiro atoms. The second-order valence-corrected chi connectivity index (χ2v) is 5.31. The van der Waals surface area contributed by atoms with Crippen LogP contribution in [0.25, 0.3) is 0 Å². The van der Waals surface area contributed by atoms with Crippen LogP contribution >= 0.6 is 0 Å². The first-order chi connectivity index (χ1) is 6.03. The summed E-state index contributed by atoms with van der Waals surface area (Å²) < 4.78 is 0. The topological polar surface area (TPSA) is 15.3 Å².